The summed E-state index contributed by atoms with van der Waals surface area (Å²) in [7, 11) is 0. The number of carbonyl (C=O) groups excluding carboxylic acids is 1. The maximum absolute atomic E-state index is 12.5. The molecule has 2 rings (SSSR count). The monoisotopic (exact) mass is 397 g/mol. The Bertz CT molecular complexity index is 785. The molecule has 0 aliphatic heterocycles. The van der Waals surface area contributed by atoms with Crippen LogP contribution in [-0.4, -0.2) is 25.2 Å². The fourth-order valence-electron chi connectivity index (χ4n) is 3.16. The molecule has 1 atom stereocenters. The van der Waals surface area contributed by atoms with E-state index in [9.17, 15) is 4.79 Å². The highest BCUT2D eigenvalue weighted by molar-refractivity contribution is 5.80. The van der Waals surface area contributed by atoms with Gasteiger partial charge in [-0.1, -0.05) is 51.1 Å². The summed E-state index contributed by atoms with van der Waals surface area (Å²) in [6.07, 6.45) is 2.17. The summed E-state index contributed by atoms with van der Waals surface area (Å²) in [5.41, 5.74) is 3.43. The Morgan fingerprint density at radius 2 is 1.83 bits per heavy atom. The Balaban J connectivity index is 1.84. The number of para-hydroxylation sites is 1. The minimum atomic E-state index is -0.533. The quantitative estimate of drug-likeness (QED) is 0.515. The molecule has 0 spiro atoms. The third kappa shape index (κ3) is 7.12. The molecule has 0 saturated carbocycles. The van der Waals surface area contributed by atoms with Gasteiger partial charge < -0.3 is 14.8 Å². The van der Waals surface area contributed by atoms with Crippen LogP contribution in [0.25, 0.3) is 0 Å². The molecule has 2 aromatic rings. The van der Waals surface area contributed by atoms with Crippen molar-refractivity contribution in [2.45, 2.75) is 65.9 Å². The number of hydrogen-bond acceptors (Lipinski definition) is 3. The molecule has 0 fully saturated rings. The lowest BCUT2D eigenvalue weighted by atomic mass is 10.0. The van der Waals surface area contributed by atoms with Crippen LogP contribution in [0.4, 0.5) is 0 Å². The van der Waals surface area contributed by atoms with Crippen molar-refractivity contribution in [2.24, 2.45) is 0 Å². The lowest BCUT2D eigenvalue weighted by Crippen LogP contribution is -2.37. The number of aryl methyl sites for hydroxylation is 2. The topological polar surface area (TPSA) is 47.6 Å². The average Bonchev–Trinajstić information content (AvgIpc) is 2.70. The minimum Gasteiger partial charge on any atom is -0.493 e. The van der Waals surface area contributed by atoms with Crippen molar-refractivity contribution >= 4 is 5.91 Å². The van der Waals surface area contributed by atoms with Crippen LogP contribution in [0, 0.1) is 6.92 Å². The lowest BCUT2D eigenvalue weighted by molar-refractivity contribution is -0.127. The number of nitrogens with one attached hydrogen (secondary N) is 1. The smallest absolute Gasteiger partial charge is 0.260 e. The molecule has 0 aliphatic rings. The SMILES string of the molecule is CCCOc1ccccc1CCCNC(=O)C(C)Oc1cc(C)ccc1C(C)C. The summed E-state index contributed by atoms with van der Waals surface area (Å²) in [6, 6.07) is 14.3. The molecule has 0 heterocycles. The Kier molecular flexibility index (Phi) is 9.04. The lowest BCUT2D eigenvalue weighted by Gasteiger charge is -2.19. The van der Waals surface area contributed by atoms with E-state index in [-0.39, 0.29) is 5.91 Å². The highest BCUT2D eigenvalue weighted by Gasteiger charge is 2.17. The number of rotatable bonds is 11. The van der Waals surface area contributed by atoms with Crippen molar-refractivity contribution in [3.8, 4) is 11.5 Å². The standard InChI is InChI=1S/C25H35NO3/c1-6-16-28-23-12-8-7-10-21(23)11-9-15-26-25(27)20(5)29-24-17-19(4)13-14-22(24)18(2)3/h7-8,10,12-14,17-18,20H,6,9,11,15-16H2,1-5H3,(H,26,27). The number of benzene rings is 2. The van der Waals surface area contributed by atoms with E-state index in [0.717, 1.165) is 48.5 Å². The fourth-order valence-corrected chi connectivity index (χ4v) is 3.16. The number of amides is 1. The van der Waals surface area contributed by atoms with E-state index in [1.807, 2.05) is 31.2 Å². The molecule has 0 aromatic heterocycles. The van der Waals surface area contributed by atoms with Crippen LogP contribution in [-0.2, 0) is 11.2 Å². The van der Waals surface area contributed by atoms with E-state index in [1.165, 1.54) is 5.56 Å². The molecule has 0 aliphatic carbocycles. The van der Waals surface area contributed by atoms with Gasteiger partial charge in [-0.05, 0) is 67.9 Å². The molecule has 1 unspecified atom stereocenters. The van der Waals surface area contributed by atoms with Crippen molar-refractivity contribution in [3.05, 3.63) is 59.2 Å². The zero-order valence-corrected chi connectivity index (χ0v) is 18.5. The van der Waals surface area contributed by atoms with Crippen molar-refractivity contribution in [1.29, 1.82) is 0 Å². The van der Waals surface area contributed by atoms with Gasteiger partial charge >= 0.3 is 0 Å². The van der Waals surface area contributed by atoms with Gasteiger partial charge in [0.15, 0.2) is 6.10 Å². The molecular weight excluding hydrogens is 362 g/mol. The number of hydrogen-bond donors (Lipinski definition) is 1. The summed E-state index contributed by atoms with van der Waals surface area (Å²) in [6.45, 7) is 11.5. The van der Waals surface area contributed by atoms with Crippen LogP contribution in [0.1, 0.15) is 63.1 Å². The summed E-state index contributed by atoms with van der Waals surface area (Å²) in [4.78, 5) is 12.5. The third-order valence-corrected chi connectivity index (χ3v) is 4.82. The zero-order chi connectivity index (χ0) is 21.2. The van der Waals surface area contributed by atoms with Gasteiger partial charge in [0.1, 0.15) is 11.5 Å². The van der Waals surface area contributed by atoms with Crippen LogP contribution in [0.3, 0.4) is 0 Å². The molecule has 4 nitrogen and oxygen atoms in total. The average molecular weight is 398 g/mol. The zero-order valence-electron chi connectivity index (χ0n) is 18.5. The van der Waals surface area contributed by atoms with Crippen LogP contribution < -0.4 is 14.8 Å². The fraction of sp³-hybridized carbons (Fsp3) is 0.480. The summed E-state index contributed by atoms with van der Waals surface area (Å²) >= 11 is 0. The molecular formula is C25H35NO3. The molecule has 158 valence electrons. The molecule has 0 radical (unpaired) electrons. The van der Waals surface area contributed by atoms with E-state index in [4.69, 9.17) is 9.47 Å². The number of ether oxygens (including phenoxy) is 2. The van der Waals surface area contributed by atoms with Crippen molar-refractivity contribution in [2.75, 3.05) is 13.2 Å². The Hall–Kier alpha value is -2.49. The van der Waals surface area contributed by atoms with Gasteiger partial charge in [-0.25, -0.2) is 0 Å². The molecule has 1 amide bonds. The second-order valence-corrected chi connectivity index (χ2v) is 7.81. The highest BCUT2D eigenvalue weighted by atomic mass is 16.5. The predicted molar refractivity (Wildman–Crippen MR) is 119 cm³/mol. The van der Waals surface area contributed by atoms with Crippen LogP contribution >= 0.6 is 0 Å². The number of carbonyl (C=O) groups is 1. The van der Waals surface area contributed by atoms with E-state index in [0.29, 0.717) is 12.5 Å². The molecule has 0 saturated heterocycles. The second kappa shape index (κ2) is 11.5. The minimum absolute atomic E-state index is 0.0864. The second-order valence-electron chi connectivity index (χ2n) is 7.81. The highest BCUT2D eigenvalue weighted by Crippen LogP contribution is 2.28. The molecule has 2 aromatic carbocycles. The first kappa shape index (κ1) is 22.8. The summed E-state index contributed by atoms with van der Waals surface area (Å²) < 4.78 is 11.8. The predicted octanol–water partition coefficient (Wildman–Crippen LogP) is 5.42. The van der Waals surface area contributed by atoms with E-state index in [2.05, 4.69) is 44.3 Å². The van der Waals surface area contributed by atoms with Gasteiger partial charge in [-0.15, -0.1) is 0 Å². The molecule has 4 heteroatoms. The normalized spacial score (nSPS) is 11.9. The van der Waals surface area contributed by atoms with Crippen LogP contribution in [0.2, 0.25) is 0 Å². The first-order valence-electron chi connectivity index (χ1n) is 10.7. The largest absolute Gasteiger partial charge is 0.493 e. The summed E-state index contributed by atoms with van der Waals surface area (Å²) in [5.74, 6) is 2.00. The molecule has 1 N–H and O–H groups in total. The first-order valence-corrected chi connectivity index (χ1v) is 10.7. The Labute approximate surface area is 175 Å². The Morgan fingerprint density at radius 3 is 2.55 bits per heavy atom. The summed E-state index contributed by atoms with van der Waals surface area (Å²) in [5, 5.41) is 2.99. The third-order valence-electron chi connectivity index (χ3n) is 4.82. The maximum Gasteiger partial charge on any atom is 0.260 e. The van der Waals surface area contributed by atoms with Gasteiger partial charge in [0.2, 0.25) is 0 Å². The Morgan fingerprint density at radius 1 is 1.07 bits per heavy atom. The van der Waals surface area contributed by atoms with Crippen molar-refractivity contribution in [3.63, 3.8) is 0 Å². The molecule has 29 heavy (non-hydrogen) atoms. The van der Waals surface area contributed by atoms with Crippen LogP contribution in [0.5, 0.6) is 11.5 Å². The van der Waals surface area contributed by atoms with Gasteiger partial charge in [0, 0.05) is 6.54 Å². The first-order chi connectivity index (χ1) is 13.9. The molecule has 0 bridgehead atoms. The van der Waals surface area contributed by atoms with E-state index in [1.54, 1.807) is 6.92 Å². The van der Waals surface area contributed by atoms with E-state index < -0.39 is 6.10 Å². The van der Waals surface area contributed by atoms with Gasteiger partial charge in [-0.3, -0.25) is 4.79 Å². The van der Waals surface area contributed by atoms with Gasteiger partial charge in [-0.2, -0.15) is 0 Å². The van der Waals surface area contributed by atoms with Gasteiger partial charge in [0.05, 0.1) is 6.61 Å². The van der Waals surface area contributed by atoms with Crippen molar-refractivity contribution < 1.29 is 14.3 Å². The van der Waals surface area contributed by atoms with Crippen molar-refractivity contribution in [1.82, 2.24) is 5.32 Å². The van der Waals surface area contributed by atoms with Crippen LogP contribution in [0.15, 0.2) is 42.5 Å². The van der Waals surface area contributed by atoms with Gasteiger partial charge in [0.25, 0.3) is 5.91 Å². The maximum atomic E-state index is 12.5. The van der Waals surface area contributed by atoms with E-state index >= 15 is 0 Å².